The zero-order chi connectivity index (χ0) is 12.5. The minimum atomic E-state index is 0.435. The Morgan fingerprint density at radius 3 is 2.72 bits per heavy atom. The summed E-state index contributed by atoms with van der Waals surface area (Å²) >= 11 is 3.58. The van der Waals surface area contributed by atoms with E-state index in [1.54, 1.807) is 0 Å². The van der Waals surface area contributed by atoms with Crippen LogP contribution in [0.25, 0.3) is 0 Å². The topological polar surface area (TPSA) is 24.5 Å². The van der Waals surface area contributed by atoms with Crippen LogP contribution in [0.2, 0.25) is 0 Å². The highest BCUT2D eigenvalue weighted by atomic mass is 79.9. The molecule has 18 heavy (non-hydrogen) atoms. The first kappa shape index (κ1) is 12.5. The predicted molar refractivity (Wildman–Crippen MR) is 77.0 cm³/mol. The van der Waals surface area contributed by atoms with Crippen LogP contribution in [0, 0.1) is 0 Å². The molecule has 4 heteroatoms. The molecule has 0 aliphatic carbocycles. The molecule has 2 fully saturated rings. The molecular weight excluding hydrogens is 292 g/mol. The number of rotatable bonds is 3. The number of hydrogen-bond acceptors (Lipinski definition) is 3. The second-order valence-electron chi connectivity index (χ2n) is 5.17. The van der Waals surface area contributed by atoms with Crippen LogP contribution in [-0.2, 0) is 11.3 Å². The van der Waals surface area contributed by atoms with E-state index in [1.165, 1.54) is 24.1 Å². The van der Waals surface area contributed by atoms with Crippen LogP contribution in [0.5, 0.6) is 0 Å². The summed E-state index contributed by atoms with van der Waals surface area (Å²) in [6.07, 6.45) is 3.31. The lowest BCUT2D eigenvalue weighted by atomic mass is 10.1. The lowest BCUT2D eigenvalue weighted by Crippen LogP contribution is -2.43. The van der Waals surface area contributed by atoms with Crippen molar-refractivity contribution >= 4 is 21.6 Å². The van der Waals surface area contributed by atoms with Gasteiger partial charge in [0, 0.05) is 29.8 Å². The zero-order valence-corrected chi connectivity index (χ0v) is 12.2. The number of morpholine rings is 1. The summed E-state index contributed by atoms with van der Waals surface area (Å²) < 4.78 is 7.06. The van der Waals surface area contributed by atoms with Crippen LogP contribution in [0.1, 0.15) is 18.4 Å². The summed E-state index contributed by atoms with van der Waals surface area (Å²) in [6.45, 7) is 2.97. The van der Waals surface area contributed by atoms with Gasteiger partial charge in [-0.25, -0.2) is 0 Å². The first-order valence-electron chi connectivity index (χ1n) is 6.59. The van der Waals surface area contributed by atoms with Gasteiger partial charge in [0.1, 0.15) is 0 Å². The van der Waals surface area contributed by atoms with Crippen molar-refractivity contribution in [1.82, 2.24) is 5.32 Å². The number of halogens is 1. The Morgan fingerprint density at radius 2 is 2.06 bits per heavy atom. The van der Waals surface area contributed by atoms with Gasteiger partial charge in [0.15, 0.2) is 0 Å². The molecule has 2 saturated heterocycles. The number of anilines is 1. The molecule has 2 aliphatic heterocycles. The average Bonchev–Trinajstić information content (AvgIpc) is 2.71. The third kappa shape index (κ3) is 2.42. The van der Waals surface area contributed by atoms with Crippen LogP contribution in [0.3, 0.4) is 0 Å². The van der Waals surface area contributed by atoms with Crippen LogP contribution in [-0.4, -0.2) is 32.3 Å². The summed E-state index contributed by atoms with van der Waals surface area (Å²) in [5.74, 6) is 0. The molecule has 3 rings (SSSR count). The van der Waals surface area contributed by atoms with Crippen molar-refractivity contribution in [2.75, 3.05) is 25.0 Å². The molecule has 2 bridgehead atoms. The molecule has 1 aromatic carbocycles. The standard InChI is InChI=1S/C14H19BrN2O/c1-16-7-10-2-3-11(15)6-14(10)17-8-12-4-5-13(9-17)18-12/h2-3,6,12-13,16H,4-5,7-9H2,1H3. The van der Waals surface area contributed by atoms with E-state index >= 15 is 0 Å². The number of nitrogens with one attached hydrogen (secondary N) is 1. The summed E-state index contributed by atoms with van der Waals surface area (Å²) in [4.78, 5) is 2.49. The molecule has 0 amide bonds. The van der Waals surface area contributed by atoms with Crippen molar-refractivity contribution in [2.45, 2.75) is 31.6 Å². The Morgan fingerprint density at radius 1 is 1.33 bits per heavy atom. The Balaban J connectivity index is 1.88. The second kappa shape index (κ2) is 5.19. The van der Waals surface area contributed by atoms with E-state index in [2.05, 4.69) is 44.3 Å². The molecule has 0 aromatic heterocycles. The van der Waals surface area contributed by atoms with Gasteiger partial charge < -0.3 is 15.0 Å². The van der Waals surface area contributed by atoms with Gasteiger partial charge >= 0.3 is 0 Å². The minimum Gasteiger partial charge on any atom is -0.371 e. The fourth-order valence-corrected chi connectivity index (χ4v) is 3.33. The van der Waals surface area contributed by atoms with Crippen LogP contribution < -0.4 is 10.2 Å². The zero-order valence-electron chi connectivity index (χ0n) is 10.7. The number of fused-ring (bicyclic) bond motifs is 2. The predicted octanol–water partition coefficient (Wildman–Crippen LogP) is 2.54. The van der Waals surface area contributed by atoms with E-state index in [1.807, 2.05) is 7.05 Å². The van der Waals surface area contributed by atoms with Crippen molar-refractivity contribution in [3.05, 3.63) is 28.2 Å². The molecule has 98 valence electrons. The summed E-state index contributed by atoms with van der Waals surface area (Å²) in [6, 6.07) is 6.55. The number of ether oxygens (including phenoxy) is 1. The maximum atomic E-state index is 5.91. The minimum absolute atomic E-state index is 0.435. The van der Waals surface area contributed by atoms with E-state index in [0.29, 0.717) is 12.2 Å². The summed E-state index contributed by atoms with van der Waals surface area (Å²) in [5, 5.41) is 3.25. The summed E-state index contributed by atoms with van der Waals surface area (Å²) in [7, 11) is 1.99. The Bertz CT molecular complexity index is 426. The number of benzene rings is 1. The van der Waals surface area contributed by atoms with Gasteiger partial charge in [0.25, 0.3) is 0 Å². The van der Waals surface area contributed by atoms with Crippen LogP contribution >= 0.6 is 15.9 Å². The average molecular weight is 311 g/mol. The molecule has 2 atom stereocenters. The summed E-state index contributed by atoms with van der Waals surface area (Å²) in [5.41, 5.74) is 2.71. The highest BCUT2D eigenvalue weighted by Crippen LogP contribution is 2.32. The van der Waals surface area contributed by atoms with Crippen LogP contribution in [0.15, 0.2) is 22.7 Å². The van der Waals surface area contributed by atoms with E-state index < -0.39 is 0 Å². The van der Waals surface area contributed by atoms with Gasteiger partial charge in [-0.05, 0) is 37.6 Å². The molecule has 0 radical (unpaired) electrons. The molecule has 3 nitrogen and oxygen atoms in total. The molecule has 1 N–H and O–H groups in total. The Hall–Kier alpha value is -0.580. The molecule has 0 saturated carbocycles. The Labute approximate surface area is 117 Å². The molecular formula is C14H19BrN2O. The molecule has 2 aliphatic rings. The van der Waals surface area contributed by atoms with Crippen molar-refractivity contribution in [1.29, 1.82) is 0 Å². The first-order valence-corrected chi connectivity index (χ1v) is 7.39. The third-order valence-corrected chi connectivity index (χ3v) is 4.29. The SMILES string of the molecule is CNCc1ccc(Br)cc1N1CC2CCC(C1)O2. The normalized spacial score (nSPS) is 26.7. The van der Waals surface area contributed by atoms with Gasteiger partial charge in [-0.1, -0.05) is 22.0 Å². The van der Waals surface area contributed by atoms with Gasteiger partial charge in [-0.2, -0.15) is 0 Å². The van der Waals surface area contributed by atoms with Gasteiger partial charge in [-0.15, -0.1) is 0 Å². The highest BCUT2D eigenvalue weighted by Gasteiger charge is 2.34. The smallest absolute Gasteiger partial charge is 0.0755 e. The van der Waals surface area contributed by atoms with Crippen molar-refractivity contribution in [3.8, 4) is 0 Å². The lowest BCUT2D eigenvalue weighted by Gasteiger charge is -2.35. The van der Waals surface area contributed by atoms with Gasteiger partial charge in [-0.3, -0.25) is 0 Å². The lowest BCUT2D eigenvalue weighted by molar-refractivity contribution is 0.0304. The highest BCUT2D eigenvalue weighted by molar-refractivity contribution is 9.10. The fraction of sp³-hybridized carbons (Fsp3) is 0.571. The maximum absolute atomic E-state index is 5.91. The largest absolute Gasteiger partial charge is 0.371 e. The quantitative estimate of drug-likeness (QED) is 0.928. The van der Waals surface area contributed by atoms with E-state index in [9.17, 15) is 0 Å². The maximum Gasteiger partial charge on any atom is 0.0755 e. The van der Waals surface area contributed by atoms with Crippen molar-refractivity contribution in [3.63, 3.8) is 0 Å². The van der Waals surface area contributed by atoms with Crippen LogP contribution in [0.4, 0.5) is 5.69 Å². The third-order valence-electron chi connectivity index (χ3n) is 3.80. The number of hydrogen-bond donors (Lipinski definition) is 1. The van der Waals surface area contributed by atoms with E-state index in [-0.39, 0.29) is 0 Å². The van der Waals surface area contributed by atoms with E-state index in [4.69, 9.17) is 4.74 Å². The van der Waals surface area contributed by atoms with Gasteiger partial charge in [0.05, 0.1) is 12.2 Å². The first-order chi connectivity index (χ1) is 8.76. The van der Waals surface area contributed by atoms with Crippen molar-refractivity contribution in [2.24, 2.45) is 0 Å². The molecule has 1 aromatic rings. The van der Waals surface area contributed by atoms with E-state index in [0.717, 1.165) is 24.1 Å². The monoisotopic (exact) mass is 310 g/mol. The molecule has 2 heterocycles. The fourth-order valence-electron chi connectivity index (χ4n) is 2.98. The molecule has 2 unspecified atom stereocenters. The number of nitrogens with zero attached hydrogens (tertiary/aromatic N) is 1. The van der Waals surface area contributed by atoms with Crippen molar-refractivity contribution < 1.29 is 4.74 Å². The Kier molecular flexibility index (Phi) is 3.59. The van der Waals surface area contributed by atoms with Gasteiger partial charge in [0.2, 0.25) is 0 Å². The molecule has 0 spiro atoms. The second-order valence-corrected chi connectivity index (χ2v) is 6.08.